The molecule has 190 valence electrons. The summed E-state index contributed by atoms with van der Waals surface area (Å²) in [6.45, 7) is 2.71. The highest BCUT2D eigenvalue weighted by molar-refractivity contribution is 7.79. The van der Waals surface area contributed by atoms with Crippen LogP contribution in [0.15, 0.2) is 41.3 Å². The largest absolute Gasteiger partial charge is 0.435 e. The van der Waals surface area contributed by atoms with Crippen molar-refractivity contribution in [3.05, 3.63) is 70.4 Å². The van der Waals surface area contributed by atoms with Crippen molar-refractivity contribution in [2.45, 2.75) is 43.2 Å². The Morgan fingerprint density at radius 2 is 1.83 bits per heavy atom. The zero-order chi connectivity index (χ0) is 26.4. The van der Waals surface area contributed by atoms with Crippen LogP contribution in [-0.2, 0) is 22.7 Å². The summed E-state index contributed by atoms with van der Waals surface area (Å²) in [5.74, 6) is -5.18. The van der Waals surface area contributed by atoms with E-state index in [9.17, 15) is 35.5 Å². The topological polar surface area (TPSA) is 101 Å². The molecule has 0 saturated heterocycles. The van der Waals surface area contributed by atoms with E-state index in [2.05, 4.69) is 15.5 Å². The van der Waals surface area contributed by atoms with Crippen LogP contribution in [0.5, 0.6) is 11.6 Å². The van der Waals surface area contributed by atoms with E-state index < -0.39 is 68.7 Å². The number of ether oxygens (including phenoxy) is 1. The molecule has 1 aliphatic rings. The number of halogens is 5. The third-order valence-electron chi connectivity index (χ3n) is 5.88. The van der Waals surface area contributed by atoms with Gasteiger partial charge in [-0.05, 0) is 60.6 Å². The summed E-state index contributed by atoms with van der Waals surface area (Å²) in [5.41, 5.74) is -3.27. The van der Waals surface area contributed by atoms with Gasteiger partial charge < -0.3 is 14.6 Å². The standard InChI is InChI=1S/C23H18F5N3O4S/c1-11-16(20(32)29-12-4-3-5-13(10-12)36(33)34)21(31-30-19(11)23(26,27)28)35-15-7-6-14(17(24)18(15)25)22(2)8-9-22/h3-7,10H,8-9H2,1-2H3,(H,29,32)(H,33,34). The summed E-state index contributed by atoms with van der Waals surface area (Å²) in [4.78, 5) is 12.9. The van der Waals surface area contributed by atoms with Crippen LogP contribution in [0.25, 0.3) is 0 Å². The summed E-state index contributed by atoms with van der Waals surface area (Å²) in [5, 5.41) is 8.71. The number of benzene rings is 2. The molecule has 36 heavy (non-hydrogen) atoms. The fourth-order valence-electron chi connectivity index (χ4n) is 3.62. The number of carbonyl (C=O) groups is 1. The van der Waals surface area contributed by atoms with Gasteiger partial charge >= 0.3 is 6.18 Å². The van der Waals surface area contributed by atoms with Crippen molar-refractivity contribution in [3.8, 4) is 11.6 Å². The smallest absolute Gasteiger partial charge is 0.434 e. The van der Waals surface area contributed by atoms with Gasteiger partial charge in [-0.2, -0.15) is 17.6 Å². The molecular weight excluding hydrogens is 509 g/mol. The van der Waals surface area contributed by atoms with Crippen molar-refractivity contribution in [1.82, 2.24) is 10.2 Å². The molecule has 1 atom stereocenters. The Morgan fingerprint density at radius 1 is 1.14 bits per heavy atom. The monoisotopic (exact) mass is 527 g/mol. The molecular formula is C23H18F5N3O4S. The molecule has 0 aliphatic heterocycles. The quantitative estimate of drug-likeness (QED) is 0.312. The van der Waals surface area contributed by atoms with Gasteiger partial charge in [0.15, 0.2) is 28.3 Å². The molecule has 4 rings (SSSR count). The Kier molecular flexibility index (Phi) is 6.56. The molecule has 2 aromatic carbocycles. The van der Waals surface area contributed by atoms with Crippen LogP contribution in [0, 0.1) is 18.6 Å². The lowest BCUT2D eigenvalue weighted by Gasteiger charge is -2.17. The van der Waals surface area contributed by atoms with E-state index >= 15 is 0 Å². The van der Waals surface area contributed by atoms with Crippen LogP contribution in [0.3, 0.4) is 0 Å². The molecule has 0 spiro atoms. The van der Waals surface area contributed by atoms with Crippen LogP contribution in [0.1, 0.15) is 46.9 Å². The number of alkyl halides is 3. The fourth-order valence-corrected chi connectivity index (χ4v) is 4.04. The Bertz CT molecular complexity index is 1390. The Hall–Kier alpha value is -3.45. The van der Waals surface area contributed by atoms with E-state index in [-0.39, 0.29) is 16.1 Å². The zero-order valence-corrected chi connectivity index (χ0v) is 19.6. The summed E-state index contributed by atoms with van der Waals surface area (Å²) in [6.07, 6.45) is -3.64. The summed E-state index contributed by atoms with van der Waals surface area (Å²) in [7, 11) is 0. The van der Waals surface area contributed by atoms with E-state index in [1.807, 2.05) is 0 Å². The molecule has 0 radical (unpaired) electrons. The summed E-state index contributed by atoms with van der Waals surface area (Å²) < 4.78 is 95.6. The van der Waals surface area contributed by atoms with Gasteiger partial charge in [-0.3, -0.25) is 4.79 Å². The Labute approximate surface area is 204 Å². The van der Waals surface area contributed by atoms with Gasteiger partial charge in [-0.25, -0.2) is 8.60 Å². The zero-order valence-electron chi connectivity index (χ0n) is 18.7. The normalized spacial score (nSPS) is 15.3. The van der Waals surface area contributed by atoms with Gasteiger partial charge in [0.2, 0.25) is 5.82 Å². The van der Waals surface area contributed by atoms with Crippen LogP contribution in [-0.4, -0.2) is 24.9 Å². The van der Waals surface area contributed by atoms with Crippen molar-refractivity contribution >= 4 is 22.7 Å². The van der Waals surface area contributed by atoms with Crippen LogP contribution >= 0.6 is 0 Å². The second-order valence-electron chi connectivity index (χ2n) is 8.48. The highest BCUT2D eigenvalue weighted by Crippen LogP contribution is 2.49. The minimum absolute atomic E-state index is 0.0186. The van der Waals surface area contributed by atoms with Crippen molar-refractivity contribution in [1.29, 1.82) is 0 Å². The third kappa shape index (κ3) is 4.93. The lowest BCUT2D eigenvalue weighted by molar-refractivity contribution is -0.142. The van der Waals surface area contributed by atoms with Gasteiger partial charge in [0.1, 0.15) is 5.56 Å². The number of aromatic nitrogens is 2. The molecule has 1 saturated carbocycles. The summed E-state index contributed by atoms with van der Waals surface area (Å²) in [6, 6.07) is 7.52. The molecule has 1 heterocycles. The number of amides is 1. The van der Waals surface area contributed by atoms with Crippen LogP contribution in [0.2, 0.25) is 0 Å². The SMILES string of the molecule is Cc1c(C(F)(F)F)nnc(Oc2ccc(C3(C)CC3)c(F)c2F)c1C(=O)Nc1cccc(S(=O)O)c1. The summed E-state index contributed by atoms with van der Waals surface area (Å²) >= 11 is -2.38. The van der Waals surface area contributed by atoms with Gasteiger partial charge in [-0.15, -0.1) is 10.2 Å². The predicted octanol–water partition coefficient (Wildman–Crippen LogP) is 5.76. The molecule has 1 unspecified atom stereocenters. The number of carbonyl (C=O) groups excluding carboxylic acids is 1. The van der Waals surface area contributed by atoms with E-state index in [0.29, 0.717) is 12.8 Å². The maximum atomic E-state index is 14.8. The molecule has 1 aliphatic carbocycles. The molecule has 13 heteroatoms. The highest BCUT2D eigenvalue weighted by Gasteiger charge is 2.42. The molecule has 1 amide bonds. The number of anilines is 1. The van der Waals surface area contributed by atoms with Gasteiger partial charge in [0.05, 0.1) is 4.90 Å². The molecule has 1 aromatic heterocycles. The Morgan fingerprint density at radius 3 is 2.44 bits per heavy atom. The average molecular weight is 527 g/mol. The second-order valence-corrected chi connectivity index (χ2v) is 9.45. The lowest BCUT2D eigenvalue weighted by Crippen LogP contribution is -2.21. The van der Waals surface area contributed by atoms with Gasteiger partial charge in [0.25, 0.3) is 11.8 Å². The van der Waals surface area contributed by atoms with Crippen LogP contribution in [0.4, 0.5) is 27.6 Å². The molecule has 7 nitrogen and oxygen atoms in total. The van der Waals surface area contributed by atoms with Gasteiger partial charge in [-0.1, -0.05) is 19.1 Å². The van der Waals surface area contributed by atoms with E-state index in [1.54, 1.807) is 6.92 Å². The van der Waals surface area contributed by atoms with E-state index in [0.717, 1.165) is 19.1 Å². The Balaban J connectivity index is 1.75. The number of hydrogen-bond acceptors (Lipinski definition) is 5. The number of hydrogen-bond donors (Lipinski definition) is 2. The fraction of sp³-hybridized carbons (Fsp3) is 0.261. The van der Waals surface area contributed by atoms with Crippen molar-refractivity contribution < 1.29 is 40.2 Å². The maximum absolute atomic E-state index is 14.8. The van der Waals surface area contributed by atoms with Crippen molar-refractivity contribution in [2.75, 3.05) is 5.32 Å². The number of nitrogens with zero attached hydrogens (tertiary/aromatic N) is 2. The van der Waals surface area contributed by atoms with Gasteiger partial charge in [0, 0.05) is 5.69 Å². The first kappa shape index (κ1) is 25.6. The minimum atomic E-state index is -4.98. The highest BCUT2D eigenvalue weighted by atomic mass is 32.2. The maximum Gasteiger partial charge on any atom is 0.435 e. The lowest BCUT2D eigenvalue weighted by atomic mass is 9.97. The molecule has 0 bridgehead atoms. The third-order valence-corrected chi connectivity index (χ3v) is 6.53. The van der Waals surface area contributed by atoms with Crippen molar-refractivity contribution in [2.24, 2.45) is 0 Å². The molecule has 2 N–H and O–H groups in total. The van der Waals surface area contributed by atoms with E-state index in [1.165, 1.54) is 24.3 Å². The first-order chi connectivity index (χ1) is 16.8. The second kappa shape index (κ2) is 9.21. The molecule has 3 aromatic rings. The first-order valence-corrected chi connectivity index (χ1v) is 11.6. The predicted molar refractivity (Wildman–Crippen MR) is 118 cm³/mol. The average Bonchev–Trinajstić information content (AvgIpc) is 3.54. The first-order valence-electron chi connectivity index (χ1n) is 10.4. The molecule has 1 fully saturated rings. The van der Waals surface area contributed by atoms with Crippen molar-refractivity contribution in [3.63, 3.8) is 0 Å². The number of rotatable bonds is 6. The van der Waals surface area contributed by atoms with Crippen LogP contribution < -0.4 is 10.1 Å². The van der Waals surface area contributed by atoms with E-state index in [4.69, 9.17) is 4.74 Å². The number of nitrogens with one attached hydrogen (secondary N) is 1. The minimum Gasteiger partial charge on any atom is -0.434 e.